The Bertz CT molecular complexity index is 721. The van der Waals surface area contributed by atoms with E-state index < -0.39 is 11.0 Å². The molecule has 2 nitrogen and oxygen atoms in total. The van der Waals surface area contributed by atoms with Crippen LogP contribution >= 0.6 is 20.4 Å². The van der Waals surface area contributed by atoms with Crippen molar-refractivity contribution >= 4 is 20.4 Å². The van der Waals surface area contributed by atoms with Gasteiger partial charge in [-0.3, -0.25) is 0 Å². The molecular formula is C18H24Cl2N2Ni+2. The molecular weight excluding hydrogens is 374 g/mol. The summed E-state index contributed by atoms with van der Waals surface area (Å²) in [7, 11) is 13.5. The molecule has 0 N–H and O–H groups in total. The van der Waals surface area contributed by atoms with Crippen molar-refractivity contribution in [2.45, 2.75) is 52.4 Å². The average molecular weight is 398 g/mol. The van der Waals surface area contributed by atoms with Gasteiger partial charge in [0.25, 0.3) is 0 Å². The SMILES string of the molecule is CC(C)(C)c1cc[n+]2c(c1)-c1cc(C(C)(C)C)cc[n+]1[Ni]2([Cl])[Cl]. The topological polar surface area (TPSA) is 7.76 Å². The maximum absolute atomic E-state index is 6.75. The first-order valence-electron chi connectivity index (χ1n) is 7.63. The molecule has 0 aliphatic carbocycles. The van der Waals surface area contributed by atoms with E-state index >= 15 is 0 Å². The summed E-state index contributed by atoms with van der Waals surface area (Å²) in [6.07, 6.45) is 4.05. The fraction of sp³-hybridized carbons (Fsp3) is 0.444. The third-order valence-electron chi connectivity index (χ3n) is 4.13. The van der Waals surface area contributed by atoms with Gasteiger partial charge in [0.2, 0.25) is 0 Å². The number of pyridine rings is 2. The molecule has 3 heterocycles. The van der Waals surface area contributed by atoms with Gasteiger partial charge in [-0.15, -0.1) is 0 Å². The van der Waals surface area contributed by atoms with Gasteiger partial charge >= 0.3 is 150 Å². The van der Waals surface area contributed by atoms with E-state index in [0.717, 1.165) is 11.4 Å². The van der Waals surface area contributed by atoms with E-state index in [4.69, 9.17) is 20.4 Å². The van der Waals surface area contributed by atoms with Crippen LogP contribution in [-0.2, 0) is 21.9 Å². The van der Waals surface area contributed by atoms with Gasteiger partial charge in [0, 0.05) is 0 Å². The first-order chi connectivity index (χ1) is 10.4. The van der Waals surface area contributed by atoms with Gasteiger partial charge in [0.15, 0.2) is 0 Å². The Balaban J connectivity index is 2.28. The third-order valence-corrected chi connectivity index (χ3v) is 7.94. The summed E-state index contributed by atoms with van der Waals surface area (Å²) >= 11 is -2.23. The van der Waals surface area contributed by atoms with E-state index in [-0.39, 0.29) is 10.8 Å². The minimum atomic E-state index is -2.23. The zero-order valence-corrected chi connectivity index (χ0v) is 16.9. The molecule has 1 aliphatic heterocycles. The fourth-order valence-corrected chi connectivity index (χ4v) is 5.80. The molecule has 23 heavy (non-hydrogen) atoms. The van der Waals surface area contributed by atoms with Crippen LogP contribution in [0.2, 0.25) is 0 Å². The number of fused-ring (bicyclic) bond motifs is 3. The van der Waals surface area contributed by atoms with Crippen molar-refractivity contribution < 1.29 is 18.3 Å². The number of aromatic nitrogens is 2. The van der Waals surface area contributed by atoms with Crippen molar-refractivity contribution in [3.63, 3.8) is 0 Å². The number of hydrogen-bond acceptors (Lipinski definition) is 0. The number of nitrogens with zero attached hydrogens (tertiary/aromatic N) is 2. The van der Waals surface area contributed by atoms with Gasteiger partial charge in [-0.2, -0.15) is 0 Å². The van der Waals surface area contributed by atoms with Crippen LogP contribution in [0.3, 0.4) is 0 Å². The Morgan fingerprint density at radius 1 is 0.739 bits per heavy atom. The fourth-order valence-electron chi connectivity index (χ4n) is 2.60. The van der Waals surface area contributed by atoms with Gasteiger partial charge in [-0.25, -0.2) is 0 Å². The van der Waals surface area contributed by atoms with E-state index in [2.05, 4.69) is 65.8 Å². The molecule has 0 spiro atoms. The molecule has 0 unspecified atom stereocenters. The summed E-state index contributed by atoms with van der Waals surface area (Å²) in [6.45, 7) is 13.3. The van der Waals surface area contributed by atoms with E-state index in [1.54, 1.807) is 0 Å². The van der Waals surface area contributed by atoms with Crippen LogP contribution in [0.15, 0.2) is 36.7 Å². The molecule has 0 fully saturated rings. The molecule has 5 heteroatoms. The zero-order valence-electron chi connectivity index (χ0n) is 14.4. The van der Waals surface area contributed by atoms with Crippen molar-refractivity contribution in [3.8, 4) is 11.4 Å². The normalized spacial score (nSPS) is 17.6. The van der Waals surface area contributed by atoms with Crippen LogP contribution < -0.4 is 7.30 Å². The molecule has 0 amide bonds. The standard InChI is InChI=1S/C18H24N2.2ClH.Ni/c1-17(2,3)13-7-9-19-15(11-13)16-12-14(8-10-20-16)18(4,5)6;;;/h7-12H,1-6H3;2*1H;/q;;;+4/p-2. The molecule has 0 saturated carbocycles. The molecule has 0 radical (unpaired) electrons. The first kappa shape index (κ1) is 17.2. The monoisotopic (exact) mass is 396 g/mol. The Kier molecular flexibility index (Phi) is 3.88. The number of hydrogen-bond donors (Lipinski definition) is 0. The number of rotatable bonds is 0. The van der Waals surface area contributed by atoms with Gasteiger partial charge in [0.1, 0.15) is 0 Å². The van der Waals surface area contributed by atoms with Crippen LogP contribution in [0, 0.1) is 0 Å². The summed E-state index contributed by atoms with van der Waals surface area (Å²) < 4.78 is 4.03. The van der Waals surface area contributed by atoms with Gasteiger partial charge in [-0.05, 0) is 0 Å². The second-order valence-corrected chi connectivity index (χ2v) is 13.2. The summed E-state index contributed by atoms with van der Waals surface area (Å²) in [5.41, 5.74) is 4.92. The van der Waals surface area contributed by atoms with Gasteiger partial charge in [-0.1, -0.05) is 0 Å². The van der Waals surface area contributed by atoms with Crippen molar-refractivity contribution in [1.82, 2.24) is 0 Å². The van der Waals surface area contributed by atoms with Crippen molar-refractivity contribution in [1.29, 1.82) is 0 Å². The average Bonchev–Trinajstić information content (AvgIpc) is 2.65. The minimum absolute atomic E-state index is 0.0857. The third kappa shape index (κ3) is 2.82. The second kappa shape index (κ2) is 5.18. The summed E-state index contributed by atoms with van der Waals surface area (Å²) in [4.78, 5) is 0. The molecule has 3 rings (SSSR count). The van der Waals surface area contributed by atoms with E-state index in [1.165, 1.54) is 11.1 Å². The molecule has 2 aromatic rings. The molecule has 0 aromatic carbocycles. The quantitative estimate of drug-likeness (QED) is 0.577. The van der Waals surface area contributed by atoms with E-state index in [0.29, 0.717) is 0 Å². The molecule has 2 aromatic heterocycles. The van der Waals surface area contributed by atoms with E-state index in [9.17, 15) is 0 Å². The van der Waals surface area contributed by atoms with Crippen molar-refractivity contribution in [2.75, 3.05) is 0 Å². The van der Waals surface area contributed by atoms with Crippen LogP contribution in [0.25, 0.3) is 11.4 Å². The van der Waals surface area contributed by atoms with Crippen molar-refractivity contribution in [2.24, 2.45) is 0 Å². The van der Waals surface area contributed by atoms with Crippen LogP contribution in [0.4, 0.5) is 0 Å². The van der Waals surface area contributed by atoms with E-state index in [1.807, 2.05) is 19.7 Å². The zero-order chi connectivity index (χ0) is 17.2. The van der Waals surface area contributed by atoms with Crippen LogP contribution in [0.5, 0.6) is 0 Å². The Morgan fingerprint density at radius 3 is 1.39 bits per heavy atom. The Hall–Kier alpha value is -0.626. The van der Waals surface area contributed by atoms with Gasteiger partial charge < -0.3 is 0 Å². The van der Waals surface area contributed by atoms with Crippen LogP contribution in [-0.4, -0.2) is 0 Å². The summed E-state index contributed by atoms with van der Waals surface area (Å²) in [5, 5.41) is 0. The molecule has 0 saturated heterocycles. The van der Waals surface area contributed by atoms with Crippen molar-refractivity contribution in [3.05, 3.63) is 47.8 Å². The maximum atomic E-state index is 6.75. The molecule has 128 valence electrons. The predicted octanol–water partition coefficient (Wildman–Crippen LogP) is 4.52. The number of halogens is 2. The predicted molar refractivity (Wildman–Crippen MR) is 92.2 cm³/mol. The van der Waals surface area contributed by atoms with Gasteiger partial charge in [0.05, 0.1) is 0 Å². The summed E-state index contributed by atoms with van der Waals surface area (Å²) in [5.74, 6) is 0. The summed E-state index contributed by atoms with van der Waals surface area (Å²) in [6, 6.07) is 8.69. The second-order valence-electron chi connectivity index (χ2n) is 7.99. The Labute approximate surface area is 150 Å². The molecule has 1 aliphatic rings. The van der Waals surface area contributed by atoms with Crippen LogP contribution in [0.1, 0.15) is 52.7 Å². The Morgan fingerprint density at radius 2 is 1.09 bits per heavy atom. The first-order valence-corrected chi connectivity index (χ1v) is 11.2. The molecule has 0 atom stereocenters. The molecule has 0 bridgehead atoms.